The van der Waals surface area contributed by atoms with Crippen LogP contribution in [-0.4, -0.2) is 39.1 Å². The van der Waals surface area contributed by atoms with Crippen LogP contribution in [-0.2, 0) is 16.0 Å². The summed E-state index contributed by atoms with van der Waals surface area (Å²) in [4.78, 5) is 24.9. The smallest absolute Gasteiger partial charge is 0.368 e. The van der Waals surface area contributed by atoms with Gasteiger partial charge >= 0.3 is 5.97 Å². The number of anilines is 2. The summed E-state index contributed by atoms with van der Waals surface area (Å²) < 4.78 is 33.0. The lowest BCUT2D eigenvalue weighted by atomic mass is 9.79. The van der Waals surface area contributed by atoms with Crippen molar-refractivity contribution in [2.45, 2.75) is 62.2 Å². The number of benzene rings is 2. The Balaban J connectivity index is 2.19. The van der Waals surface area contributed by atoms with Gasteiger partial charge in [-0.3, -0.25) is 10.1 Å². The van der Waals surface area contributed by atoms with E-state index in [0.717, 1.165) is 44.2 Å². The summed E-state index contributed by atoms with van der Waals surface area (Å²) >= 11 is -0.100. The molecule has 2 aromatic carbocycles. The SMILES string of the molecule is CCCCC1(CCCC)CN(c2ccc([N+](=O)[O-])cc2)c2cc(SC)c(O/C=C(\F)C(=O)O)cc2[S+]([O-])C1. The highest BCUT2D eigenvalue weighted by atomic mass is 32.2. The molecule has 2 aromatic rings. The van der Waals surface area contributed by atoms with Crippen molar-refractivity contribution in [1.82, 2.24) is 0 Å². The van der Waals surface area contributed by atoms with E-state index >= 15 is 0 Å². The summed E-state index contributed by atoms with van der Waals surface area (Å²) in [5.41, 5.74) is 1.15. The Morgan fingerprint density at radius 3 is 2.39 bits per heavy atom. The molecule has 8 nitrogen and oxygen atoms in total. The fourth-order valence-electron chi connectivity index (χ4n) is 4.68. The van der Waals surface area contributed by atoms with Gasteiger partial charge in [0.05, 0.1) is 15.5 Å². The second kappa shape index (κ2) is 13.3. The van der Waals surface area contributed by atoms with E-state index in [9.17, 15) is 23.9 Å². The molecule has 1 atom stereocenters. The zero-order chi connectivity index (χ0) is 27.9. The summed E-state index contributed by atoms with van der Waals surface area (Å²) in [6.45, 7) is 4.84. The number of carboxylic acids is 1. The van der Waals surface area contributed by atoms with E-state index in [4.69, 9.17) is 9.84 Å². The van der Waals surface area contributed by atoms with E-state index in [1.54, 1.807) is 18.2 Å². The number of rotatable bonds is 12. The zero-order valence-corrected chi connectivity index (χ0v) is 23.4. The summed E-state index contributed by atoms with van der Waals surface area (Å²) in [6, 6.07) is 9.74. The van der Waals surface area contributed by atoms with Crippen molar-refractivity contribution in [1.29, 1.82) is 0 Å². The normalized spacial score (nSPS) is 17.0. The van der Waals surface area contributed by atoms with Gasteiger partial charge in [-0.25, -0.2) is 4.79 Å². The van der Waals surface area contributed by atoms with Crippen molar-refractivity contribution in [3.05, 3.63) is 58.6 Å². The fraction of sp³-hybridized carbons (Fsp3) is 0.444. The first-order valence-electron chi connectivity index (χ1n) is 12.5. The van der Waals surface area contributed by atoms with Crippen LogP contribution in [0.2, 0.25) is 0 Å². The number of nitro benzene ring substituents is 1. The van der Waals surface area contributed by atoms with Crippen LogP contribution < -0.4 is 9.64 Å². The second-order valence-electron chi connectivity index (χ2n) is 9.42. The lowest BCUT2D eigenvalue weighted by Crippen LogP contribution is -2.38. The van der Waals surface area contributed by atoms with E-state index in [0.29, 0.717) is 34.0 Å². The number of nitrogens with zero attached hydrogens (tertiary/aromatic N) is 2. The number of thioether (sulfide) groups is 1. The molecule has 1 aliphatic rings. The average molecular weight is 565 g/mol. The van der Waals surface area contributed by atoms with Crippen molar-refractivity contribution in [2.75, 3.05) is 23.5 Å². The lowest BCUT2D eigenvalue weighted by Gasteiger charge is -2.36. The van der Waals surface area contributed by atoms with Gasteiger partial charge in [0, 0.05) is 35.8 Å². The third-order valence-corrected chi connectivity index (χ3v) is 9.15. The van der Waals surface area contributed by atoms with Gasteiger partial charge in [-0.1, -0.05) is 39.5 Å². The van der Waals surface area contributed by atoms with Crippen molar-refractivity contribution < 1.29 is 28.5 Å². The molecule has 0 amide bonds. The highest BCUT2D eigenvalue weighted by Crippen LogP contribution is 2.48. The Kier molecular flexibility index (Phi) is 10.5. The standard InChI is InChI=1S/C27H33FN2O6S2/c1-4-6-12-27(13-7-5-2)17-29(19-8-10-20(11-9-19)30(33)34)22-14-24(37-3)23(15-25(22)38(35)18-27)36-16-21(28)26(31)32/h8-11,14-16H,4-7,12-13,17-18H2,1-3H3,(H,31,32)/b21-16-. The number of hydrogen-bond acceptors (Lipinski definition) is 7. The summed E-state index contributed by atoms with van der Waals surface area (Å²) in [6.07, 6.45) is 8.08. The molecule has 1 heterocycles. The van der Waals surface area contributed by atoms with Crippen molar-refractivity contribution in [3.63, 3.8) is 0 Å². The van der Waals surface area contributed by atoms with Gasteiger partial charge < -0.3 is 19.3 Å². The number of carboxylic acid groups (broad SMARTS) is 1. The Labute approximate surface area is 229 Å². The number of ether oxygens (including phenoxy) is 1. The van der Waals surface area contributed by atoms with Crippen LogP contribution in [0.15, 0.2) is 58.3 Å². The van der Waals surface area contributed by atoms with E-state index in [1.807, 2.05) is 12.3 Å². The maximum atomic E-state index is 13.9. The molecule has 1 N–H and O–H groups in total. The number of non-ortho nitro benzene ring substituents is 1. The van der Waals surface area contributed by atoms with E-state index in [-0.39, 0.29) is 16.9 Å². The molecule has 0 fully saturated rings. The molecule has 38 heavy (non-hydrogen) atoms. The third kappa shape index (κ3) is 7.00. The van der Waals surface area contributed by atoms with Gasteiger partial charge in [0.25, 0.3) is 5.69 Å². The Morgan fingerprint density at radius 2 is 1.87 bits per heavy atom. The molecule has 1 unspecified atom stereocenters. The number of aliphatic carboxylic acids is 1. The Hall–Kier alpha value is -2.76. The maximum absolute atomic E-state index is 13.9. The average Bonchev–Trinajstić information content (AvgIpc) is 3.03. The molecular weight excluding hydrogens is 531 g/mol. The summed E-state index contributed by atoms with van der Waals surface area (Å²) in [5, 5.41) is 20.1. The maximum Gasteiger partial charge on any atom is 0.368 e. The molecule has 0 spiro atoms. The minimum Gasteiger partial charge on any atom is -0.611 e. The van der Waals surface area contributed by atoms with Gasteiger partial charge in [-0.15, -0.1) is 11.8 Å². The Morgan fingerprint density at radius 1 is 1.24 bits per heavy atom. The van der Waals surface area contributed by atoms with Crippen LogP contribution in [0.25, 0.3) is 0 Å². The third-order valence-electron chi connectivity index (χ3n) is 6.70. The fourth-order valence-corrected chi connectivity index (χ4v) is 6.95. The lowest BCUT2D eigenvalue weighted by molar-refractivity contribution is -0.384. The number of fused-ring (bicyclic) bond motifs is 1. The number of halogens is 1. The molecule has 11 heteroatoms. The second-order valence-corrected chi connectivity index (χ2v) is 11.7. The quantitative estimate of drug-likeness (QED) is 0.0717. The van der Waals surface area contributed by atoms with E-state index in [1.165, 1.54) is 23.9 Å². The molecule has 0 bridgehead atoms. The Bertz CT molecular complexity index is 1170. The highest BCUT2D eigenvalue weighted by molar-refractivity contribution is 7.98. The first-order chi connectivity index (χ1) is 18.1. The van der Waals surface area contributed by atoms with Crippen molar-refractivity contribution >= 4 is 46.0 Å². The monoisotopic (exact) mass is 564 g/mol. The summed E-state index contributed by atoms with van der Waals surface area (Å²) in [7, 11) is 0. The van der Waals surface area contributed by atoms with E-state index in [2.05, 4.69) is 18.7 Å². The van der Waals surface area contributed by atoms with Gasteiger partial charge in [0.2, 0.25) is 5.83 Å². The van der Waals surface area contributed by atoms with Crippen LogP contribution >= 0.6 is 11.8 Å². The molecule has 0 saturated carbocycles. The molecule has 0 aromatic heterocycles. The molecular formula is C27H33FN2O6S2. The predicted molar refractivity (Wildman–Crippen MR) is 149 cm³/mol. The number of unbranched alkanes of at least 4 members (excludes halogenated alkanes) is 2. The zero-order valence-electron chi connectivity index (χ0n) is 21.8. The van der Waals surface area contributed by atoms with Crippen LogP contribution in [0.1, 0.15) is 52.4 Å². The van der Waals surface area contributed by atoms with Gasteiger partial charge in [0.1, 0.15) is 17.8 Å². The topological polar surface area (TPSA) is 116 Å². The van der Waals surface area contributed by atoms with Gasteiger partial charge in [-0.2, -0.15) is 4.39 Å². The molecule has 1 aliphatic heterocycles. The number of hydrogen-bond donors (Lipinski definition) is 1. The van der Waals surface area contributed by atoms with Crippen molar-refractivity contribution in [2.24, 2.45) is 5.41 Å². The minimum absolute atomic E-state index is 0.0172. The minimum atomic E-state index is -1.74. The summed E-state index contributed by atoms with van der Waals surface area (Å²) in [5.74, 6) is -2.55. The van der Waals surface area contributed by atoms with Crippen LogP contribution in [0.4, 0.5) is 21.5 Å². The van der Waals surface area contributed by atoms with Crippen LogP contribution in [0.5, 0.6) is 5.75 Å². The molecule has 0 aliphatic carbocycles. The molecule has 206 valence electrons. The number of nitro groups is 1. The van der Waals surface area contributed by atoms with Crippen LogP contribution in [0, 0.1) is 15.5 Å². The molecule has 0 saturated heterocycles. The predicted octanol–water partition coefficient (Wildman–Crippen LogP) is 7.22. The molecule has 0 radical (unpaired) electrons. The largest absolute Gasteiger partial charge is 0.611 e. The van der Waals surface area contributed by atoms with E-state index < -0.39 is 27.9 Å². The first-order valence-corrected chi connectivity index (χ1v) is 15.1. The first kappa shape index (κ1) is 29.8. The van der Waals surface area contributed by atoms with Gasteiger partial charge in [0.15, 0.2) is 4.90 Å². The highest BCUT2D eigenvalue weighted by Gasteiger charge is 2.42. The number of carbonyl (C=O) groups is 1. The molecule has 3 rings (SSSR count). The van der Waals surface area contributed by atoms with Crippen molar-refractivity contribution in [3.8, 4) is 5.75 Å². The van der Waals surface area contributed by atoms with Crippen LogP contribution in [0.3, 0.4) is 0 Å². The van der Waals surface area contributed by atoms with Gasteiger partial charge in [-0.05, 0) is 48.5 Å².